The molecule has 0 aromatic heterocycles. The van der Waals surface area contributed by atoms with Crippen molar-refractivity contribution in [3.63, 3.8) is 0 Å². The summed E-state index contributed by atoms with van der Waals surface area (Å²) < 4.78 is 0. The van der Waals surface area contributed by atoms with Crippen LogP contribution in [0.2, 0.25) is 0 Å². The lowest BCUT2D eigenvalue weighted by Gasteiger charge is -2.37. The first-order chi connectivity index (χ1) is 14.0. The van der Waals surface area contributed by atoms with Gasteiger partial charge in [0.05, 0.1) is 0 Å². The summed E-state index contributed by atoms with van der Waals surface area (Å²) >= 11 is 0. The van der Waals surface area contributed by atoms with Gasteiger partial charge in [-0.15, -0.1) is 0 Å². The topological polar surface area (TPSA) is 0 Å². The number of rotatable bonds is 2. The molecule has 0 radical (unpaired) electrons. The van der Waals surface area contributed by atoms with Crippen molar-refractivity contribution >= 4 is 11.1 Å². The Hall–Kier alpha value is -1.82. The average molecular weight is 399 g/mol. The average Bonchev–Trinajstić information content (AvgIpc) is 3.27. The fourth-order valence-electron chi connectivity index (χ4n) is 6.36. The van der Waals surface area contributed by atoms with Gasteiger partial charge in [0.1, 0.15) is 0 Å². The second-order valence-electron chi connectivity index (χ2n) is 12.2. The van der Waals surface area contributed by atoms with Crippen molar-refractivity contribution in [1.29, 1.82) is 0 Å². The van der Waals surface area contributed by atoms with Crippen LogP contribution in [0.5, 0.6) is 0 Å². The van der Waals surface area contributed by atoms with Crippen molar-refractivity contribution in [2.24, 2.45) is 22.7 Å². The third-order valence-corrected chi connectivity index (χ3v) is 8.26. The van der Waals surface area contributed by atoms with Crippen molar-refractivity contribution in [3.8, 4) is 0 Å². The molecule has 4 aliphatic carbocycles. The minimum Gasteiger partial charge on any atom is -0.0629 e. The monoisotopic (exact) mass is 398 g/mol. The Bertz CT molecular complexity index is 986. The molecule has 0 atom stereocenters. The van der Waals surface area contributed by atoms with E-state index in [9.17, 15) is 0 Å². The lowest BCUT2D eigenvalue weighted by atomic mass is 9.66. The third kappa shape index (κ3) is 2.86. The van der Waals surface area contributed by atoms with Gasteiger partial charge < -0.3 is 0 Å². The number of allylic oxidation sites excluding steroid dienone is 8. The van der Waals surface area contributed by atoms with Gasteiger partial charge in [0.2, 0.25) is 0 Å². The summed E-state index contributed by atoms with van der Waals surface area (Å²) in [5.41, 5.74) is 16.4. The molecule has 0 spiro atoms. The van der Waals surface area contributed by atoms with Gasteiger partial charge in [-0.2, -0.15) is 0 Å². The molecule has 1 aromatic rings. The van der Waals surface area contributed by atoms with E-state index in [1.165, 1.54) is 0 Å². The Labute approximate surface area is 183 Å². The molecule has 0 heteroatoms. The number of hydrogen-bond donors (Lipinski definition) is 0. The lowest BCUT2D eigenvalue weighted by Crippen LogP contribution is -2.26. The largest absolute Gasteiger partial charge is 0.0629 e. The van der Waals surface area contributed by atoms with E-state index >= 15 is 0 Å². The molecular weight excluding hydrogens is 360 g/mol. The van der Waals surface area contributed by atoms with Crippen LogP contribution in [0.25, 0.3) is 11.1 Å². The number of benzene rings is 1. The minimum absolute atomic E-state index is 0.232. The van der Waals surface area contributed by atoms with Gasteiger partial charge in [0.15, 0.2) is 0 Å². The van der Waals surface area contributed by atoms with Crippen molar-refractivity contribution < 1.29 is 0 Å². The van der Waals surface area contributed by atoms with Gasteiger partial charge >= 0.3 is 0 Å². The van der Waals surface area contributed by atoms with E-state index in [-0.39, 0.29) is 10.8 Å². The van der Waals surface area contributed by atoms with Crippen LogP contribution in [0.15, 0.2) is 46.6 Å². The summed E-state index contributed by atoms with van der Waals surface area (Å²) in [7, 11) is 0. The highest BCUT2D eigenvalue weighted by atomic mass is 14.4. The van der Waals surface area contributed by atoms with Crippen molar-refractivity contribution in [3.05, 3.63) is 68.8 Å². The van der Waals surface area contributed by atoms with E-state index in [1.807, 2.05) is 0 Å². The molecule has 0 bridgehead atoms. The Morgan fingerprint density at radius 2 is 1.00 bits per heavy atom. The predicted octanol–water partition coefficient (Wildman–Crippen LogP) is 8.33. The quantitative estimate of drug-likeness (QED) is 0.469. The maximum atomic E-state index is 2.60. The second-order valence-corrected chi connectivity index (χ2v) is 12.2. The molecule has 0 nitrogen and oxygen atoms in total. The van der Waals surface area contributed by atoms with Crippen molar-refractivity contribution in [2.45, 2.75) is 81.1 Å². The first-order valence-corrected chi connectivity index (χ1v) is 12.0. The van der Waals surface area contributed by atoms with Crippen LogP contribution in [-0.4, -0.2) is 0 Å². The highest BCUT2D eigenvalue weighted by Gasteiger charge is 2.39. The SMILES string of the molecule is CC(C)C1=CC2=C(C1)c1cc3c(cc1CC2(C)C)C1=C(C=C(C(C)C)C1)C(C)(C)C3. The van der Waals surface area contributed by atoms with Crippen LogP contribution >= 0.6 is 0 Å². The Kier molecular flexibility index (Phi) is 4.25. The van der Waals surface area contributed by atoms with Crippen molar-refractivity contribution in [1.82, 2.24) is 0 Å². The van der Waals surface area contributed by atoms with Crippen LogP contribution in [0.4, 0.5) is 0 Å². The second kappa shape index (κ2) is 6.35. The molecule has 0 saturated carbocycles. The van der Waals surface area contributed by atoms with E-state index in [1.54, 1.807) is 55.7 Å². The number of fused-ring (bicyclic) bond motifs is 4. The number of hydrogen-bond acceptors (Lipinski definition) is 0. The standard InChI is InChI=1S/C30H38/c1-17(2)19-9-25-23-11-22-16-30(7,8)28-14-20(18(3)4)10-26(28)24(22)12-21(23)15-29(5,6)27(25)13-19/h11-14,17-18H,9-10,15-16H2,1-8H3. The van der Waals surface area contributed by atoms with Gasteiger partial charge in [-0.3, -0.25) is 0 Å². The van der Waals surface area contributed by atoms with Crippen molar-refractivity contribution in [2.75, 3.05) is 0 Å². The van der Waals surface area contributed by atoms with Gasteiger partial charge in [-0.25, -0.2) is 0 Å². The molecule has 158 valence electrons. The fraction of sp³-hybridized carbons (Fsp3) is 0.533. The van der Waals surface area contributed by atoms with E-state index in [2.05, 4.69) is 79.7 Å². The summed E-state index contributed by atoms with van der Waals surface area (Å²) in [5.74, 6) is 1.27. The van der Waals surface area contributed by atoms with Gasteiger partial charge in [-0.1, -0.05) is 90.8 Å². The van der Waals surface area contributed by atoms with E-state index in [0.717, 1.165) is 25.7 Å². The zero-order chi connectivity index (χ0) is 21.6. The maximum absolute atomic E-state index is 2.60. The normalized spacial score (nSPS) is 23.4. The van der Waals surface area contributed by atoms with Crippen LogP contribution in [-0.2, 0) is 12.8 Å². The Morgan fingerprint density at radius 1 is 0.633 bits per heavy atom. The van der Waals surface area contributed by atoms with Crippen LogP contribution < -0.4 is 0 Å². The Balaban J connectivity index is 1.64. The summed E-state index contributed by atoms with van der Waals surface area (Å²) in [6, 6.07) is 5.20. The fourth-order valence-corrected chi connectivity index (χ4v) is 6.36. The first kappa shape index (κ1) is 20.1. The first-order valence-electron chi connectivity index (χ1n) is 12.0. The van der Waals surface area contributed by atoms with Crippen LogP contribution in [0, 0.1) is 22.7 Å². The Morgan fingerprint density at radius 3 is 1.33 bits per heavy atom. The van der Waals surface area contributed by atoms with E-state index < -0.39 is 0 Å². The lowest BCUT2D eigenvalue weighted by molar-refractivity contribution is 0.444. The van der Waals surface area contributed by atoms with Gasteiger partial charge in [0, 0.05) is 0 Å². The predicted molar refractivity (Wildman–Crippen MR) is 130 cm³/mol. The summed E-state index contributed by atoms with van der Waals surface area (Å²) in [4.78, 5) is 0. The third-order valence-electron chi connectivity index (χ3n) is 8.26. The minimum atomic E-state index is 0.232. The molecule has 30 heavy (non-hydrogen) atoms. The molecule has 4 aliphatic rings. The molecule has 0 unspecified atom stereocenters. The zero-order valence-electron chi connectivity index (χ0n) is 20.3. The molecule has 0 fully saturated rings. The molecule has 0 amide bonds. The highest BCUT2D eigenvalue weighted by Crippen LogP contribution is 2.54. The summed E-state index contributed by atoms with van der Waals surface area (Å²) in [5, 5.41) is 0. The zero-order valence-corrected chi connectivity index (χ0v) is 20.3. The van der Waals surface area contributed by atoms with Crippen LogP contribution in [0.3, 0.4) is 0 Å². The molecule has 0 saturated heterocycles. The summed E-state index contributed by atoms with van der Waals surface area (Å²) in [6.07, 6.45) is 9.71. The molecule has 1 aromatic carbocycles. The van der Waals surface area contributed by atoms with E-state index in [0.29, 0.717) is 11.8 Å². The summed E-state index contributed by atoms with van der Waals surface area (Å²) in [6.45, 7) is 19.2. The van der Waals surface area contributed by atoms with Gasteiger partial charge in [0.25, 0.3) is 0 Å². The molecule has 5 rings (SSSR count). The highest BCUT2D eigenvalue weighted by molar-refractivity contribution is 5.86. The smallest absolute Gasteiger partial charge is 0.00523 e. The van der Waals surface area contributed by atoms with Gasteiger partial charge in [-0.05, 0) is 92.9 Å². The van der Waals surface area contributed by atoms with Crippen LogP contribution in [0.1, 0.15) is 90.5 Å². The molecule has 0 N–H and O–H groups in total. The molecule has 0 aliphatic heterocycles. The maximum Gasteiger partial charge on any atom is -0.00523 e. The molecule has 0 heterocycles. The molecular formula is C30H38. The van der Waals surface area contributed by atoms with E-state index in [4.69, 9.17) is 0 Å².